The lowest BCUT2D eigenvalue weighted by Crippen LogP contribution is -2.35. The van der Waals surface area contributed by atoms with Gasteiger partial charge in [0.05, 0.1) is 13.2 Å². The standard InChI is InChI=1S/C16H25NO2/c1-3-7-17-15(12-16-18-8-9-19-16)11-14-6-4-5-13(2)10-14/h4-6,10,15-17H,3,7-9,11-12H2,1-2H3. The molecular weight excluding hydrogens is 238 g/mol. The summed E-state index contributed by atoms with van der Waals surface area (Å²) in [5, 5.41) is 3.60. The second kappa shape index (κ2) is 7.63. The van der Waals surface area contributed by atoms with Crippen molar-refractivity contribution in [1.29, 1.82) is 0 Å². The van der Waals surface area contributed by atoms with Crippen LogP contribution in [0.25, 0.3) is 0 Å². The minimum absolute atomic E-state index is 0.0286. The second-order valence-electron chi connectivity index (χ2n) is 5.25. The quantitative estimate of drug-likeness (QED) is 0.820. The summed E-state index contributed by atoms with van der Waals surface area (Å²) < 4.78 is 11.1. The van der Waals surface area contributed by atoms with Crippen molar-refractivity contribution in [3.63, 3.8) is 0 Å². The summed E-state index contributed by atoms with van der Waals surface area (Å²) in [7, 11) is 0. The van der Waals surface area contributed by atoms with E-state index in [4.69, 9.17) is 9.47 Å². The van der Waals surface area contributed by atoms with E-state index in [9.17, 15) is 0 Å². The van der Waals surface area contributed by atoms with Crippen LogP contribution in [-0.4, -0.2) is 32.1 Å². The van der Waals surface area contributed by atoms with Gasteiger partial charge < -0.3 is 14.8 Å². The molecule has 0 amide bonds. The fourth-order valence-electron chi connectivity index (χ4n) is 2.49. The zero-order valence-corrected chi connectivity index (χ0v) is 12.0. The number of hydrogen-bond donors (Lipinski definition) is 1. The van der Waals surface area contributed by atoms with Gasteiger partial charge in [0.25, 0.3) is 0 Å². The van der Waals surface area contributed by atoms with E-state index in [2.05, 4.69) is 43.4 Å². The normalized spacial score (nSPS) is 17.8. The minimum Gasteiger partial charge on any atom is -0.350 e. The highest BCUT2D eigenvalue weighted by Crippen LogP contribution is 2.15. The van der Waals surface area contributed by atoms with Crippen LogP contribution in [0, 0.1) is 6.92 Å². The van der Waals surface area contributed by atoms with Gasteiger partial charge in [0.15, 0.2) is 6.29 Å². The van der Waals surface area contributed by atoms with Crippen molar-refractivity contribution in [2.24, 2.45) is 0 Å². The first-order chi connectivity index (χ1) is 9.28. The number of hydrogen-bond acceptors (Lipinski definition) is 3. The fourth-order valence-corrected chi connectivity index (χ4v) is 2.49. The third kappa shape index (κ3) is 4.94. The van der Waals surface area contributed by atoms with Gasteiger partial charge in [-0.2, -0.15) is 0 Å². The highest BCUT2D eigenvalue weighted by molar-refractivity contribution is 5.23. The molecule has 1 fully saturated rings. The van der Waals surface area contributed by atoms with Gasteiger partial charge in [0.2, 0.25) is 0 Å². The third-order valence-corrected chi connectivity index (χ3v) is 3.42. The second-order valence-corrected chi connectivity index (χ2v) is 5.25. The van der Waals surface area contributed by atoms with Crippen LogP contribution in [0.4, 0.5) is 0 Å². The van der Waals surface area contributed by atoms with Gasteiger partial charge in [-0.3, -0.25) is 0 Å². The van der Waals surface area contributed by atoms with Crippen molar-refractivity contribution in [3.8, 4) is 0 Å². The molecule has 1 aromatic carbocycles. The average molecular weight is 263 g/mol. The Morgan fingerprint density at radius 1 is 1.32 bits per heavy atom. The van der Waals surface area contributed by atoms with Crippen molar-refractivity contribution in [3.05, 3.63) is 35.4 Å². The molecular formula is C16H25NO2. The van der Waals surface area contributed by atoms with E-state index in [0.29, 0.717) is 6.04 Å². The maximum absolute atomic E-state index is 5.56. The monoisotopic (exact) mass is 263 g/mol. The van der Waals surface area contributed by atoms with E-state index in [0.717, 1.165) is 39.0 Å². The lowest BCUT2D eigenvalue weighted by molar-refractivity contribution is -0.0526. The van der Waals surface area contributed by atoms with Crippen LogP contribution in [0.3, 0.4) is 0 Å². The van der Waals surface area contributed by atoms with Gasteiger partial charge >= 0.3 is 0 Å². The summed E-state index contributed by atoms with van der Waals surface area (Å²) in [6.45, 7) is 6.84. The molecule has 1 heterocycles. The van der Waals surface area contributed by atoms with Crippen molar-refractivity contribution in [2.75, 3.05) is 19.8 Å². The third-order valence-electron chi connectivity index (χ3n) is 3.42. The smallest absolute Gasteiger partial charge is 0.159 e. The van der Waals surface area contributed by atoms with Gasteiger partial charge in [0.1, 0.15) is 0 Å². The molecule has 1 aromatic rings. The Bertz CT molecular complexity index is 375. The van der Waals surface area contributed by atoms with Gasteiger partial charge in [0, 0.05) is 12.5 Å². The Labute approximate surface area is 116 Å². The Kier molecular flexibility index (Phi) is 5.83. The van der Waals surface area contributed by atoms with Crippen LogP contribution in [0.5, 0.6) is 0 Å². The van der Waals surface area contributed by atoms with Crippen molar-refractivity contribution in [2.45, 2.75) is 45.4 Å². The van der Waals surface area contributed by atoms with E-state index < -0.39 is 0 Å². The van der Waals surface area contributed by atoms with Crippen LogP contribution in [0.1, 0.15) is 30.9 Å². The molecule has 1 unspecified atom stereocenters. The first-order valence-electron chi connectivity index (χ1n) is 7.30. The largest absolute Gasteiger partial charge is 0.350 e. The van der Waals surface area contributed by atoms with E-state index in [1.165, 1.54) is 11.1 Å². The van der Waals surface area contributed by atoms with E-state index in [-0.39, 0.29) is 6.29 Å². The van der Waals surface area contributed by atoms with Gasteiger partial charge in [-0.15, -0.1) is 0 Å². The van der Waals surface area contributed by atoms with Gasteiger partial charge in [-0.1, -0.05) is 36.8 Å². The zero-order chi connectivity index (χ0) is 13.5. The molecule has 0 spiro atoms. The van der Waals surface area contributed by atoms with E-state index in [1.54, 1.807) is 0 Å². The van der Waals surface area contributed by atoms with Crippen LogP contribution in [0.2, 0.25) is 0 Å². The lowest BCUT2D eigenvalue weighted by Gasteiger charge is -2.21. The molecule has 3 heteroatoms. The molecule has 0 saturated carbocycles. The van der Waals surface area contributed by atoms with E-state index >= 15 is 0 Å². The number of aryl methyl sites for hydroxylation is 1. The van der Waals surface area contributed by atoms with Crippen LogP contribution in [0.15, 0.2) is 24.3 Å². The van der Waals surface area contributed by atoms with Gasteiger partial charge in [-0.05, 0) is 31.9 Å². The lowest BCUT2D eigenvalue weighted by atomic mass is 10.0. The van der Waals surface area contributed by atoms with Crippen molar-refractivity contribution < 1.29 is 9.47 Å². The maximum Gasteiger partial charge on any atom is 0.159 e. The Balaban J connectivity index is 1.92. The predicted octanol–water partition coefficient (Wildman–Crippen LogP) is 2.67. The van der Waals surface area contributed by atoms with Crippen LogP contribution in [-0.2, 0) is 15.9 Å². The highest BCUT2D eigenvalue weighted by atomic mass is 16.7. The molecule has 3 nitrogen and oxygen atoms in total. The average Bonchev–Trinajstić information content (AvgIpc) is 2.89. The molecule has 0 bridgehead atoms. The Morgan fingerprint density at radius 2 is 2.11 bits per heavy atom. The molecule has 19 heavy (non-hydrogen) atoms. The Morgan fingerprint density at radius 3 is 2.79 bits per heavy atom. The number of rotatable bonds is 7. The van der Waals surface area contributed by atoms with Crippen LogP contribution >= 0.6 is 0 Å². The summed E-state index contributed by atoms with van der Waals surface area (Å²) >= 11 is 0. The summed E-state index contributed by atoms with van der Waals surface area (Å²) in [4.78, 5) is 0. The number of nitrogens with one attached hydrogen (secondary N) is 1. The summed E-state index contributed by atoms with van der Waals surface area (Å²) in [5.74, 6) is 0. The topological polar surface area (TPSA) is 30.5 Å². The molecule has 106 valence electrons. The molecule has 1 N–H and O–H groups in total. The summed E-state index contributed by atoms with van der Waals surface area (Å²) in [5.41, 5.74) is 2.70. The SMILES string of the molecule is CCCNC(Cc1cccc(C)c1)CC1OCCO1. The molecule has 1 aliphatic rings. The minimum atomic E-state index is -0.0286. The van der Waals surface area contributed by atoms with Gasteiger partial charge in [-0.25, -0.2) is 0 Å². The fraction of sp³-hybridized carbons (Fsp3) is 0.625. The molecule has 0 aromatic heterocycles. The molecule has 1 aliphatic heterocycles. The zero-order valence-electron chi connectivity index (χ0n) is 12.0. The van der Waals surface area contributed by atoms with E-state index in [1.807, 2.05) is 0 Å². The summed E-state index contributed by atoms with van der Waals surface area (Å²) in [6.07, 6.45) is 3.08. The first kappa shape index (κ1) is 14.5. The molecule has 1 atom stereocenters. The predicted molar refractivity (Wildman–Crippen MR) is 77.3 cm³/mol. The van der Waals surface area contributed by atoms with Crippen LogP contribution < -0.4 is 5.32 Å². The maximum atomic E-state index is 5.56. The molecule has 0 radical (unpaired) electrons. The Hall–Kier alpha value is -0.900. The van der Waals surface area contributed by atoms with Crippen molar-refractivity contribution >= 4 is 0 Å². The number of ether oxygens (including phenoxy) is 2. The molecule has 0 aliphatic carbocycles. The molecule has 2 rings (SSSR count). The molecule has 1 saturated heterocycles. The first-order valence-corrected chi connectivity index (χ1v) is 7.30. The van der Waals surface area contributed by atoms with Crippen molar-refractivity contribution in [1.82, 2.24) is 5.32 Å². The summed E-state index contributed by atoms with van der Waals surface area (Å²) in [6, 6.07) is 9.15. The number of benzene rings is 1. The highest BCUT2D eigenvalue weighted by Gasteiger charge is 2.21.